The number of amides is 2. The Kier molecular flexibility index (Phi) is 2.89. The van der Waals surface area contributed by atoms with E-state index in [0.717, 1.165) is 0 Å². The van der Waals surface area contributed by atoms with Crippen molar-refractivity contribution in [3.63, 3.8) is 0 Å². The summed E-state index contributed by atoms with van der Waals surface area (Å²) in [5, 5.41) is 7.85. The minimum Gasteiger partial charge on any atom is -0.385 e. The summed E-state index contributed by atoms with van der Waals surface area (Å²) in [6, 6.07) is 0. The van der Waals surface area contributed by atoms with Gasteiger partial charge in [0, 0.05) is 0 Å². The van der Waals surface area contributed by atoms with Crippen molar-refractivity contribution in [2.75, 3.05) is 6.54 Å². The van der Waals surface area contributed by atoms with Crippen LogP contribution in [0.15, 0.2) is 23.7 Å². The first-order chi connectivity index (χ1) is 5.88. The summed E-state index contributed by atoms with van der Waals surface area (Å²) in [5.74, 6) is 0. The van der Waals surface area contributed by atoms with Crippen LogP contribution >= 0.6 is 0 Å². The van der Waals surface area contributed by atoms with Crippen LogP contribution in [-0.2, 0) is 9.59 Å². The third-order valence-corrected chi connectivity index (χ3v) is 1.42. The molecule has 5 heteroatoms. The molecule has 0 saturated heterocycles. The van der Waals surface area contributed by atoms with Gasteiger partial charge in [-0.25, -0.2) is 0 Å². The van der Waals surface area contributed by atoms with Gasteiger partial charge in [-0.15, -0.1) is 0 Å². The molecule has 1 heterocycles. The molecule has 1 aliphatic rings. The summed E-state index contributed by atoms with van der Waals surface area (Å²) in [4.78, 5) is 20.2. The van der Waals surface area contributed by atoms with Crippen LogP contribution in [0, 0.1) is 0 Å². The molecule has 5 nitrogen and oxygen atoms in total. The first-order valence-electron chi connectivity index (χ1n) is 3.42. The van der Waals surface area contributed by atoms with Crippen molar-refractivity contribution < 1.29 is 9.59 Å². The van der Waals surface area contributed by atoms with Crippen molar-refractivity contribution in [2.24, 2.45) is 0 Å². The van der Waals surface area contributed by atoms with Gasteiger partial charge in [0.15, 0.2) is 0 Å². The molecule has 0 aromatic carbocycles. The summed E-state index contributed by atoms with van der Waals surface area (Å²) in [7, 11) is 0. The van der Waals surface area contributed by atoms with E-state index in [2.05, 4.69) is 16.0 Å². The third kappa shape index (κ3) is 1.85. The van der Waals surface area contributed by atoms with Gasteiger partial charge < -0.3 is 16.0 Å². The molecule has 1 aliphatic heterocycles. The zero-order valence-corrected chi connectivity index (χ0v) is 6.33. The molecule has 0 bridgehead atoms. The topological polar surface area (TPSA) is 70.2 Å². The van der Waals surface area contributed by atoms with Crippen LogP contribution in [0.3, 0.4) is 0 Å². The SMILES string of the molecule is O=CNC1=C(NC=O)CNC=C1. The Hall–Kier alpha value is -1.78. The van der Waals surface area contributed by atoms with E-state index in [9.17, 15) is 9.59 Å². The second-order valence-electron chi connectivity index (χ2n) is 2.13. The number of allylic oxidation sites excluding steroid dienone is 1. The van der Waals surface area contributed by atoms with Crippen molar-refractivity contribution in [1.82, 2.24) is 16.0 Å². The van der Waals surface area contributed by atoms with Gasteiger partial charge in [-0.3, -0.25) is 9.59 Å². The van der Waals surface area contributed by atoms with Crippen LogP contribution in [0.1, 0.15) is 0 Å². The van der Waals surface area contributed by atoms with Crippen LogP contribution in [0.25, 0.3) is 0 Å². The molecule has 0 aromatic rings. The monoisotopic (exact) mass is 167 g/mol. The van der Waals surface area contributed by atoms with E-state index in [0.29, 0.717) is 30.8 Å². The van der Waals surface area contributed by atoms with E-state index in [4.69, 9.17) is 0 Å². The van der Waals surface area contributed by atoms with Crippen LogP contribution in [0.4, 0.5) is 0 Å². The lowest BCUT2D eigenvalue weighted by Crippen LogP contribution is -2.29. The van der Waals surface area contributed by atoms with Crippen LogP contribution in [-0.4, -0.2) is 19.4 Å². The Labute approximate surface area is 69.5 Å². The molecule has 0 aromatic heterocycles. The highest BCUT2D eigenvalue weighted by molar-refractivity contribution is 5.56. The van der Waals surface area contributed by atoms with Gasteiger partial charge in [-0.2, -0.15) is 0 Å². The van der Waals surface area contributed by atoms with Crippen molar-refractivity contribution in [1.29, 1.82) is 0 Å². The Balaban J connectivity index is 2.75. The molecule has 0 aliphatic carbocycles. The Morgan fingerprint density at radius 2 is 2.08 bits per heavy atom. The summed E-state index contributed by atoms with van der Waals surface area (Å²) in [6.07, 6.45) is 4.51. The molecule has 3 N–H and O–H groups in total. The highest BCUT2D eigenvalue weighted by Gasteiger charge is 2.05. The van der Waals surface area contributed by atoms with Gasteiger partial charge in [-0.1, -0.05) is 0 Å². The molecule has 0 unspecified atom stereocenters. The zero-order valence-electron chi connectivity index (χ0n) is 6.33. The van der Waals surface area contributed by atoms with E-state index >= 15 is 0 Å². The quantitative estimate of drug-likeness (QED) is 0.461. The van der Waals surface area contributed by atoms with Crippen molar-refractivity contribution in [2.45, 2.75) is 0 Å². The Bertz CT molecular complexity index is 245. The summed E-state index contributed by atoms with van der Waals surface area (Å²) >= 11 is 0. The molecule has 0 spiro atoms. The standard InChI is InChI=1S/C7H9N3O2/c11-4-9-6-1-2-8-3-7(6)10-5-12/h1-2,4-5,8H,3H2,(H,9,11)(H,10,12). The van der Waals surface area contributed by atoms with E-state index in [1.165, 1.54) is 0 Å². The number of rotatable bonds is 4. The third-order valence-electron chi connectivity index (χ3n) is 1.42. The highest BCUT2D eigenvalue weighted by Crippen LogP contribution is 2.01. The van der Waals surface area contributed by atoms with Crippen molar-refractivity contribution >= 4 is 12.8 Å². The fraction of sp³-hybridized carbons (Fsp3) is 0.143. The van der Waals surface area contributed by atoms with E-state index in [1.807, 2.05) is 0 Å². The second kappa shape index (κ2) is 4.17. The van der Waals surface area contributed by atoms with E-state index in [-0.39, 0.29) is 0 Å². The minimum absolute atomic E-state index is 0.505. The normalized spacial score (nSPS) is 15.0. The number of nitrogens with one attached hydrogen (secondary N) is 3. The van der Waals surface area contributed by atoms with Crippen molar-refractivity contribution in [3.05, 3.63) is 23.7 Å². The second-order valence-corrected chi connectivity index (χ2v) is 2.13. The number of dihydropyridines is 1. The predicted molar refractivity (Wildman–Crippen MR) is 42.6 cm³/mol. The fourth-order valence-corrected chi connectivity index (χ4v) is 0.898. The molecule has 12 heavy (non-hydrogen) atoms. The molecule has 64 valence electrons. The van der Waals surface area contributed by atoms with E-state index in [1.54, 1.807) is 12.3 Å². The average molecular weight is 167 g/mol. The molecular formula is C7H9N3O2. The smallest absolute Gasteiger partial charge is 0.211 e. The maximum absolute atomic E-state index is 10.1. The first-order valence-corrected chi connectivity index (χ1v) is 3.42. The summed E-state index contributed by atoms with van der Waals surface area (Å²) in [5.41, 5.74) is 1.26. The molecule has 0 atom stereocenters. The van der Waals surface area contributed by atoms with Gasteiger partial charge in [-0.05, 0) is 12.3 Å². The largest absolute Gasteiger partial charge is 0.385 e. The number of hydrogen-bond acceptors (Lipinski definition) is 3. The van der Waals surface area contributed by atoms with Crippen LogP contribution < -0.4 is 16.0 Å². The highest BCUT2D eigenvalue weighted by atomic mass is 16.1. The van der Waals surface area contributed by atoms with Crippen molar-refractivity contribution in [3.8, 4) is 0 Å². The van der Waals surface area contributed by atoms with Gasteiger partial charge in [0.1, 0.15) is 0 Å². The van der Waals surface area contributed by atoms with Gasteiger partial charge in [0.25, 0.3) is 0 Å². The number of carbonyl (C=O) groups excluding carboxylic acids is 2. The predicted octanol–water partition coefficient (Wildman–Crippen LogP) is -1.19. The molecule has 0 fully saturated rings. The van der Waals surface area contributed by atoms with E-state index < -0.39 is 0 Å². The molecule has 1 rings (SSSR count). The molecule has 0 radical (unpaired) electrons. The van der Waals surface area contributed by atoms with Crippen LogP contribution in [0.2, 0.25) is 0 Å². The number of hydrogen-bond donors (Lipinski definition) is 3. The maximum atomic E-state index is 10.1. The number of carbonyl (C=O) groups is 2. The summed E-state index contributed by atoms with van der Waals surface area (Å²) in [6.45, 7) is 0.505. The Morgan fingerprint density at radius 1 is 1.33 bits per heavy atom. The maximum Gasteiger partial charge on any atom is 0.211 e. The lowest BCUT2D eigenvalue weighted by Gasteiger charge is -2.14. The molecule has 2 amide bonds. The lowest BCUT2D eigenvalue weighted by molar-refractivity contribution is -0.110. The zero-order chi connectivity index (χ0) is 8.81. The summed E-state index contributed by atoms with van der Waals surface area (Å²) < 4.78 is 0. The van der Waals surface area contributed by atoms with Crippen LogP contribution in [0.5, 0.6) is 0 Å². The minimum atomic E-state index is 0.505. The van der Waals surface area contributed by atoms with Gasteiger partial charge in [0.05, 0.1) is 17.9 Å². The first kappa shape index (κ1) is 8.32. The van der Waals surface area contributed by atoms with Gasteiger partial charge >= 0.3 is 0 Å². The van der Waals surface area contributed by atoms with Gasteiger partial charge in [0.2, 0.25) is 12.8 Å². The average Bonchev–Trinajstić information content (AvgIpc) is 2.09. The molecular weight excluding hydrogens is 158 g/mol. The lowest BCUT2D eigenvalue weighted by atomic mass is 10.2. The Morgan fingerprint density at radius 3 is 2.75 bits per heavy atom. The fourth-order valence-electron chi connectivity index (χ4n) is 0.898. The molecule has 0 saturated carbocycles.